The highest BCUT2D eigenvalue weighted by molar-refractivity contribution is 7.89. The SMILES string of the molecule is NS(=O)(=O)c1c(C(F)(F)F)ccc(-c2cccc3c2ccc[n+]3[O-])c1-c1nn[nH]n1. The molecule has 0 fully saturated rings. The second kappa shape index (κ2) is 6.74. The first-order valence-corrected chi connectivity index (χ1v) is 9.76. The lowest BCUT2D eigenvalue weighted by Crippen LogP contribution is -2.25. The van der Waals surface area contributed by atoms with Crippen LogP contribution in [0.2, 0.25) is 0 Å². The summed E-state index contributed by atoms with van der Waals surface area (Å²) >= 11 is 0. The molecule has 0 bridgehead atoms. The van der Waals surface area contributed by atoms with E-state index in [1.54, 1.807) is 6.07 Å². The lowest BCUT2D eigenvalue weighted by molar-refractivity contribution is -0.577. The van der Waals surface area contributed by atoms with Gasteiger partial charge in [0.25, 0.3) is 0 Å². The first-order valence-electron chi connectivity index (χ1n) is 8.21. The number of tetrazole rings is 1. The molecular formula is C17H11F3N6O3S. The Morgan fingerprint density at radius 1 is 1.07 bits per heavy atom. The molecule has 0 aliphatic rings. The highest BCUT2D eigenvalue weighted by Crippen LogP contribution is 2.43. The van der Waals surface area contributed by atoms with Crippen LogP contribution in [0.25, 0.3) is 33.4 Å². The highest BCUT2D eigenvalue weighted by atomic mass is 32.2. The second-order valence-corrected chi connectivity index (χ2v) is 7.71. The van der Waals surface area contributed by atoms with Gasteiger partial charge in [0.05, 0.1) is 16.5 Å². The van der Waals surface area contributed by atoms with Crippen LogP contribution in [0.15, 0.2) is 53.6 Å². The summed E-state index contributed by atoms with van der Waals surface area (Å²) in [6.45, 7) is 0. The molecule has 0 amide bonds. The van der Waals surface area contributed by atoms with Crippen LogP contribution in [-0.2, 0) is 16.2 Å². The minimum Gasteiger partial charge on any atom is -0.618 e. The molecule has 0 atom stereocenters. The largest absolute Gasteiger partial charge is 0.618 e. The third-order valence-corrected chi connectivity index (χ3v) is 5.40. The van der Waals surface area contributed by atoms with Crippen molar-refractivity contribution in [1.29, 1.82) is 0 Å². The maximum atomic E-state index is 13.6. The molecule has 154 valence electrons. The van der Waals surface area contributed by atoms with Crippen LogP contribution < -0.4 is 9.87 Å². The van der Waals surface area contributed by atoms with Crippen LogP contribution in [0.1, 0.15) is 5.56 Å². The van der Waals surface area contributed by atoms with E-state index in [2.05, 4.69) is 20.6 Å². The first-order chi connectivity index (χ1) is 14.1. The van der Waals surface area contributed by atoms with E-state index < -0.39 is 38.0 Å². The Labute approximate surface area is 166 Å². The van der Waals surface area contributed by atoms with E-state index in [4.69, 9.17) is 5.14 Å². The number of aromatic amines is 1. The smallest absolute Gasteiger partial charge is 0.417 e. The lowest BCUT2D eigenvalue weighted by atomic mass is 9.94. The number of hydrogen-bond acceptors (Lipinski definition) is 6. The summed E-state index contributed by atoms with van der Waals surface area (Å²) in [6.07, 6.45) is -3.76. The number of primary sulfonamides is 1. The Bertz CT molecular complexity index is 1370. The van der Waals surface area contributed by atoms with Crippen molar-refractivity contribution in [3.63, 3.8) is 0 Å². The van der Waals surface area contributed by atoms with E-state index in [9.17, 15) is 26.8 Å². The molecule has 0 spiro atoms. The predicted octanol–water partition coefficient (Wildman–Crippen LogP) is 1.99. The standard InChI is InChI=1S/C17H11F3N6O3S/c18-17(19,20)12-7-6-11(9-3-1-5-13-10(9)4-2-8-26(13)27)14(15(12)30(21,28)29)16-22-24-25-23-16/h1-8H,(H2,21,28,29)(H,22,23,24,25). The van der Waals surface area contributed by atoms with E-state index in [0.717, 1.165) is 6.07 Å². The Hall–Kier alpha value is -3.58. The van der Waals surface area contributed by atoms with Gasteiger partial charge in [-0.25, -0.2) is 13.6 Å². The highest BCUT2D eigenvalue weighted by Gasteiger charge is 2.40. The number of pyridine rings is 1. The molecule has 4 aromatic rings. The van der Waals surface area contributed by atoms with Crippen molar-refractivity contribution in [3.8, 4) is 22.5 Å². The van der Waals surface area contributed by atoms with E-state index in [1.807, 2.05) is 0 Å². The van der Waals surface area contributed by atoms with Gasteiger partial charge in [0.15, 0.2) is 6.20 Å². The van der Waals surface area contributed by atoms with Gasteiger partial charge >= 0.3 is 6.18 Å². The Morgan fingerprint density at radius 3 is 2.47 bits per heavy atom. The van der Waals surface area contributed by atoms with Crippen molar-refractivity contribution in [2.45, 2.75) is 11.1 Å². The zero-order valence-electron chi connectivity index (χ0n) is 14.8. The van der Waals surface area contributed by atoms with E-state index in [0.29, 0.717) is 16.2 Å². The third-order valence-electron chi connectivity index (χ3n) is 4.41. The number of sulfonamides is 1. The van der Waals surface area contributed by atoms with E-state index in [-0.39, 0.29) is 16.6 Å². The van der Waals surface area contributed by atoms with E-state index in [1.165, 1.54) is 30.5 Å². The number of fused-ring (bicyclic) bond motifs is 1. The molecule has 0 unspecified atom stereocenters. The molecule has 13 heteroatoms. The minimum absolute atomic E-state index is 0.0326. The summed E-state index contributed by atoms with van der Waals surface area (Å²) in [6, 6.07) is 9.29. The zero-order chi connectivity index (χ0) is 21.7. The fourth-order valence-corrected chi connectivity index (χ4v) is 4.24. The van der Waals surface area contributed by atoms with Gasteiger partial charge < -0.3 is 5.21 Å². The summed E-state index contributed by atoms with van der Waals surface area (Å²) in [5.41, 5.74) is -1.39. The molecule has 9 nitrogen and oxygen atoms in total. The van der Waals surface area contributed by atoms with Crippen LogP contribution in [0, 0.1) is 5.21 Å². The van der Waals surface area contributed by atoms with Gasteiger partial charge in [0, 0.05) is 12.1 Å². The van der Waals surface area contributed by atoms with Crippen LogP contribution in [0.5, 0.6) is 0 Å². The Morgan fingerprint density at radius 2 is 1.83 bits per heavy atom. The van der Waals surface area contributed by atoms with E-state index >= 15 is 0 Å². The Balaban J connectivity index is 2.20. The van der Waals surface area contributed by atoms with Crippen LogP contribution in [0.3, 0.4) is 0 Å². The summed E-state index contributed by atoms with van der Waals surface area (Å²) in [7, 11) is -4.87. The average Bonchev–Trinajstić information content (AvgIpc) is 3.20. The quantitative estimate of drug-likeness (QED) is 0.372. The van der Waals surface area contributed by atoms with Gasteiger partial charge in [-0.15, -0.1) is 10.2 Å². The first kappa shape index (κ1) is 19.7. The number of nitrogens with zero attached hydrogens (tertiary/aromatic N) is 4. The van der Waals surface area contributed by atoms with Crippen LogP contribution in [0.4, 0.5) is 13.2 Å². The van der Waals surface area contributed by atoms with Gasteiger partial charge in [-0.3, -0.25) is 0 Å². The second-order valence-electron chi connectivity index (χ2n) is 6.22. The molecule has 0 saturated carbocycles. The van der Waals surface area contributed by atoms with Crippen molar-refractivity contribution in [2.75, 3.05) is 0 Å². The van der Waals surface area contributed by atoms with Crippen molar-refractivity contribution in [1.82, 2.24) is 20.6 Å². The van der Waals surface area contributed by atoms with Crippen molar-refractivity contribution in [2.24, 2.45) is 5.14 Å². The van der Waals surface area contributed by atoms with Gasteiger partial charge in [-0.05, 0) is 28.5 Å². The van der Waals surface area contributed by atoms with Crippen molar-refractivity contribution in [3.05, 3.63) is 59.4 Å². The molecule has 4 rings (SSSR count). The maximum Gasteiger partial charge on any atom is 0.417 e. The summed E-state index contributed by atoms with van der Waals surface area (Å²) in [5, 5.41) is 30.4. The fourth-order valence-electron chi connectivity index (χ4n) is 3.27. The molecule has 2 heterocycles. The number of nitrogens with one attached hydrogen (secondary N) is 1. The molecular weight excluding hydrogens is 425 g/mol. The lowest BCUT2D eigenvalue weighted by Gasteiger charge is -2.18. The average molecular weight is 436 g/mol. The molecule has 0 saturated heterocycles. The zero-order valence-corrected chi connectivity index (χ0v) is 15.6. The van der Waals surface area contributed by atoms with Gasteiger partial charge in [-0.1, -0.05) is 18.2 Å². The van der Waals surface area contributed by atoms with Crippen LogP contribution >= 0.6 is 0 Å². The number of aromatic nitrogens is 5. The number of halogens is 3. The third kappa shape index (κ3) is 3.23. The topological polar surface area (TPSA) is 142 Å². The predicted molar refractivity (Wildman–Crippen MR) is 97.9 cm³/mol. The van der Waals surface area contributed by atoms with Gasteiger partial charge in [0.2, 0.25) is 21.4 Å². The molecule has 2 aromatic heterocycles. The summed E-state index contributed by atoms with van der Waals surface area (Å²) in [4.78, 5) is -1.18. The number of alkyl halides is 3. The maximum absolute atomic E-state index is 13.6. The Kier molecular flexibility index (Phi) is 4.43. The normalized spacial score (nSPS) is 12.4. The molecule has 0 radical (unpaired) electrons. The number of nitrogens with two attached hydrogens (primary N) is 1. The van der Waals surface area contributed by atoms with Gasteiger partial charge in [0.1, 0.15) is 4.90 Å². The number of hydrogen-bond donors (Lipinski definition) is 2. The molecule has 0 aliphatic heterocycles. The number of rotatable bonds is 3. The molecule has 3 N–H and O–H groups in total. The minimum atomic E-state index is -5.02. The monoisotopic (exact) mass is 436 g/mol. The molecule has 0 aliphatic carbocycles. The van der Waals surface area contributed by atoms with Crippen molar-refractivity contribution >= 4 is 20.9 Å². The summed E-state index contributed by atoms with van der Waals surface area (Å²) in [5.74, 6) is -0.400. The van der Waals surface area contributed by atoms with Gasteiger partial charge in [-0.2, -0.15) is 23.1 Å². The number of benzene rings is 2. The van der Waals surface area contributed by atoms with Crippen molar-refractivity contribution < 1.29 is 26.3 Å². The fraction of sp³-hybridized carbons (Fsp3) is 0.0588. The number of H-pyrrole nitrogens is 1. The summed E-state index contributed by atoms with van der Waals surface area (Å²) < 4.78 is 65.9. The molecule has 2 aromatic carbocycles. The molecule has 30 heavy (non-hydrogen) atoms. The van der Waals surface area contributed by atoms with Crippen LogP contribution in [-0.4, -0.2) is 29.0 Å².